The summed E-state index contributed by atoms with van der Waals surface area (Å²) in [6.45, 7) is 0. The quantitative estimate of drug-likeness (QED) is 0.772. The van der Waals surface area contributed by atoms with Crippen LogP contribution in [0.1, 0.15) is 41.9 Å². The first-order valence-electron chi connectivity index (χ1n) is 8.72. The van der Waals surface area contributed by atoms with Gasteiger partial charge < -0.3 is 5.32 Å². The van der Waals surface area contributed by atoms with Crippen molar-refractivity contribution in [2.45, 2.75) is 25.2 Å². The van der Waals surface area contributed by atoms with Crippen LogP contribution in [0.25, 0.3) is 5.70 Å². The van der Waals surface area contributed by atoms with Gasteiger partial charge in [-0.3, -0.25) is 4.79 Å². The Labute approximate surface area is 152 Å². The highest BCUT2D eigenvalue weighted by Gasteiger charge is 2.41. The molecule has 3 heteroatoms. The van der Waals surface area contributed by atoms with E-state index in [9.17, 15) is 4.79 Å². The molecule has 0 bridgehead atoms. The molecule has 2 aromatic rings. The minimum absolute atomic E-state index is 0.0554. The fourth-order valence-electron chi connectivity index (χ4n) is 4.32. The van der Waals surface area contributed by atoms with Crippen molar-refractivity contribution in [1.29, 1.82) is 0 Å². The molecule has 2 aromatic carbocycles. The first-order valence-corrected chi connectivity index (χ1v) is 9.13. The number of Topliss-reactive ketones (excluding diaryl/α,β-unsaturated/α-hetero) is 1. The third-order valence-corrected chi connectivity index (χ3v) is 5.84. The van der Waals surface area contributed by atoms with Crippen molar-refractivity contribution in [3.63, 3.8) is 0 Å². The summed E-state index contributed by atoms with van der Waals surface area (Å²) in [6, 6.07) is 18.6. The summed E-state index contributed by atoms with van der Waals surface area (Å²) in [5.41, 5.74) is 7.61. The Kier molecular flexibility index (Phi) is 3.25. The molecule has 1 aliphatic heterocycles. The van der Waals surface area contributed by atoms with Gasteiger partial charge in [0.1, 0.15) is 0 Å². The minimum atomic E-state index is -0.0554. The van der Waals surface area contributed by atoms with Crippen LogP contribution in [-0.2, 0) is 4.79 Å². The molecular formula is C22H17NOS. The molecule has 2 aliphatic carbocycles. The summed E-state index contributed by atoms with van der Waals surface area (Å²) >= 11 is 5.85. The standard InChI is InChI=1S/C22H17NOS/c24-17-12-6-11-16-19(17)18(13-7-2-1-3-8-13)20-21(23-16)14-9-4-5-10-15(14)22(20)25/h1-5,7-10,18,23H,6,11-12H2. The molecule has 1 heterocycles. The SMILES string of the molecule is O=C1CCCC2=C1C(c1ccccc1)C1=C(N2)c2ccccc2C1=S. The lowest BCUT2D eigenvalue weighted by molar-refractivity contribution is -0.116. The zero-order valence-corrected chi connectivity index (χ0v) is 14.5. The van der Waals surface area contributed by atoms with E-state index < -0.39 is 0 Å². The summed E-state index contributed by atoms with van der Waals surface area (Å²) in [6.07, 6.45) is 2.48. The lowest BCUT2D eigenvalue weighted by Crippen LogP contribution is -2.31. The second-order valence-electron chi connectivity index (χ2n) is 6.80. The summed E-state index contributed by atoms with van der Waals surface area (Å²) in [5, 5.41) is 3.59. The predicted molar refractivity (Wildman–Crippen MR) is 103 cm³/mol. The molecule has 5 rings (SSSR count). The Hall–Kier alpha value is -2.52. The van der Waals surface area contributed by atoms with E-state index >= 15 is 0 Å². The van der Waals surface area contributed by atoms with Crippen molar-refractivity contribution < 1.29 is 4.79 Å². The van der Waals surface area contributed by atoms with Gasteiger partial charge in [0.05, 0.1) is 10.6 Å². The van der Waals surface area contributed by atoms with E-state index in [2.05, 4.69) is 29.6 Å². The van der Waals surface area contributed by atoms with E-state index in [1.54, 1.807) is 0 Å². The van der Waals surface area contributed by atoms with Gasteiger partial charge in [0.2, 0.25) is 0 Å². The summed E-state index contributed by atoms with van der Waals surface area (Å²) in [5.74, 6) is 0.202. The zero-order chi connectivity index (χ0) is 17.0. The number of ketones is 1. The van der Waals surface area contributed by atoms with Crippen molar-refractivity contribution in [2.75, 3.05) is 0 Å². The Morgan fingerprint density at radius 1 is 0.880 bits per heavy atom. The molecule has 0 fully saturated rings. The summed E-state index contributed by atoms with van der Waals surface area (Å²) in [7, 11) is 0. The Balaban J connectivity index is 1.77. The highest BCUT2D eigenvalue weighted by Crippen LogP contribution is 2.48. The normalized spacial score (nSPS) is 21.7. The molecule has 0 amide bonds. The lowest BCUT2D eigenvalue weighted by atomic mass is 9.75. The van der Waals surface area contributed by atoms with Gasteiger partial charge in [-0.05, 0) is 18.4 Å². The van der Waals surface area contributed by atoms with Crippen LogP contribution in [0.2, 0.25) is 0 Å². The fourth-order valence-corrected chi connectivity index (χ4v) is 4.71. The largest absolute Gasteiger partial charge is 0.358 e. The molecule has 3 aliphatic rings. The van der Waals surface area contributed by atoms with Gasteiger partial charge in [0, 0.05) is 40.3 Å². The van der Waals surface area contributed by atoms with Crippen molar-refractivity contribution in [1.82, 2.24) is 5.32 Å². The molecule has 1 atom stereocenters. The molecule has 25 heavy (non-hydrogen) atoms. The average Bonchev–Trinajstić information content (AvgIpc) is 2.94. The number of nitrogens with one attached hydrogen (secondary N) is 1. The van der Waals surface area contributed by atoms with Crippen LogP contribution >= 0.6 is 12.2 Å². The molecule has 0 radical (unpaired) electrons. The molecule has 0 aromatic heterocycles. The number of hydrogen-bond donors (Lipinski definition) is 1. The molecular weight excluding hydrogens is 326 g/mol. The van der Waals surface area contributed by atoms with Crippen LogP contribution in [0.15, 0.2) is 71.4 Å². The van der Waals surface area contributed by atoms with Gasteiger partial charge in [-0.1, -0.05) is 66.8 Å². The van der Waals surface area contributed by atoms with E-state index in [1.807, 2.05) is 30.3 Å². The van der Waals surface area contributed by atoms with Crippen LogP contribution in [0.3, 0.4) is 0 Å². The topological polar surface area (TPSA) is 29.1 Å². The first kappa shape index (κ1) is 14.8. The summed E-state index contributed by atoms with van der Waals surface area (Å²) in [4.78, 5) is 13.7. The van der Waals surface area contributed by atoms with Crippen molar-refractivity contribution >= 4 is 28.6 Å². The van der Waals surface area contributed by atoms with Crippen molar-refractivity contribution in [2.24, 2.45) is 0 Å². The van der Waals surface area contributed by atoms with Gasteiger partial charge in [-0.15, -0.1) is 0 Å². The Morgan fingerprint density at radius 2 is 1.60 bits per heavy atom. The molecule has 122 valence electrons. The smallest absolute Gasteiger partial charge is 0.161 e. The van der Waals surface area contributed by atoms with Gasteiger partial charge in [0.25, 0.3) is 0 Å². The second kappa shape index (κ2) is 5.50. The van der Waals surface area contributed by atoms with Crippen LogP contribution < -0.4 is 5.32 Å². The molecule has 1 N–H and O–H groups in total. The van der Waals surface area contributed by atoms with Gasteiger partial charge in [-0.25, -0.2) is 0 Å². The van der Waals surface area contributed by atoms with Crippen molar-refractivity contribution in [3.05, 3.63) is 88.1 Å². The predicted octanol–water partition coefficient (Wildman–Crippen LogP) is 4.52. The van der Waals surface area contributed by atoms with Crippen molar-refractivity contribution in [3.8, 4) is 0 Å². The Bertz CT molecular complexity index is 984. The maximum absolute atomic E-state index is 12.8. The third-order valence-electron chi connectivity index (χ3n) is 5.40. The summed E-state index contributed by atoms with van der Waals surface area (Å²) < 4.78 is 0. The van der Waals surface area contributed by atoms with Gasteiger partial charge in [-0.2, -0.15) is 0 Å². The van der Waals surface area contributed by atoms with E-state index in [4.69, 9.17) is 12.2 Å². The van der Waals surface area contributed by atoms with Crippen LogP contribution in [-0.4, -0.2) is 10.6 Å². The maximum atomic E-state index is 12.8. The molecule has 0 spiro atoms. The maximum Gasteiger partial charge on any atom is 0.161 e. The average molecular weight is 343 g/mol. The van der Waals surface area contributed by atoms with Crippen LogP contribution in [0.4, 0.5) is 0 Å². The monoisotopic (exact) mass is 343 g/mol. The Morgan fingerprint density at radius 3 is 2.40 bits per heavy atom. The molecule has 2 nitrogen and oxygen atoms in total. The molecule has 0 saturated carbocycles. The van der Waals surface area contributed by atoms with Crippen LogP contribution in [0, 0.1) is 0 Å². The highest BCUT2D eigenvalue weighted by atomic mass is 32.1. The first-order chi connectivity index (χ1) is 12.3. The van der Waals surface area contributed by atoms with Gasteiger partial charge in [0.15, 0.2) is 5.78 Å². The number of benzene rings is 2. The number of rotatable bonds is 1. The second-order valence-corrected chi connectivity index (χ2v) is 7.21. The van der Waals surface area contributed by atoms with E-state index in [0.29, 0.717) is 6.42 Å². The van der Waals surface area contributed by atoms with Gasteiger partial charge >= 0.3 is 0 Å². The number of allylic oxidation sites excluding steroid dienone is 3. The number of carbonyl (C=O) groups excluding carboxylic acids is 1. The highest BCUT2D eigenvalue weighted by molar-refractivity contribution is 7.81. The third kappa shape index (κ3) is 2.09. The minimum Gasteiger partial charge on any atom is -0.358 e. The van der Waals surface area contributed by atoms with E-state index in [1.165, 1.54) is 0 Å². The van der Waals surface area contributed by atoms with E-state index in [0.717, 1.165) is 56.9 Å². The fraction of sp³-hybridized carbons (Fsp3) is 0.182. The number of carbonyl (C=O) groups is 1. The number of dihydropyridines is 1. The zero-order valence-electron chi connectivity index (χ0n) is 13.7. The number of hydrogen-bond acceptors (Lipinski definition) is 3. The number of thiocarbonyl (C=S) groups is 1. The lowest BCUT2D eigenvalue weighted by Gasteiger charge is -2.33. The van der Waals surface area contributed by atoms with E-state index in [-0.39, 0.29) is 11.7 Å². The molecule has 0 saturated heterocycles. The molecule has 1 unspecified atom stereocenters. The van der Waals surface area contributed by atoms with Crippen LogP contribution in [0.5, 0.6) is 0 Å². The number of fused-ring (bicyclic) bond motifs is 2.